The average molecular weight is 291 g/mol. The summed E-state index contributed by atoms with van der Waals surface area (Å²) in [5.41, 5.74) is 10.8. The predicted molar refractivity (Wildman–Crippen MR) is 84.8 cm³/mol. The van der Waals surface area contributed by atoms with Crippen molar-refractivity contribution in [3.05, 3.63) is 52.5 Å². The smallest absolute Gasteiger partial charge is 0.0644 e. The SMILES string of the molecule is Cc1cc(-c2ccc(CNCCO)cc2)cc(Cl)c1N. The van der Waals surface area contributed by atoms with E-state index in [2.05, 4.69) is 29.6 Å². The zero-order valence-electron chi connectivity index (χ0n) is 11.5. The molecule has 0 saturated carbocycles. The van der Waals surface area contributed by atoms with Crippen LogP contribution in [-0.2, 0) is 6.54 Å². The van der Waals surface area contributed by atoms with Crippen LogP contribution >= 0.6 is 11.6 Å². The number of anilines is 1. The van der Waals surface area contributed by atoms with E-state index in [0.717, 1.165) is 23.2 Å². The standard InChI is InChI=1S/C16H19ClN2O/c1-11-8-14(9-15(17)16(11)18)13-4-2-12(3-5-13)10-19-6-7-20/h2-5,8-9,19-20H,6-7,10,18H2,1H3. The molecule has 0 radical (unpaired) electrons. The third-order valence-electron chi connectivity index (χ3n) is 3.24. The number of nitrogens with one attached hydrogen (secondary N) is 1. The molecule has 0 aliphatic heterocycles. The molecule has 0 aliphatic carbocycles. The third-order valence-corrected chi connectivity index (χ3v) is 3.55. The fourth-order valence-corrected chi connectivity index (χ4v) is 2.32. The number of hydrogen-bond donors (Lipinski definition) is 3. The van der Waals surface area contributed by atoms with Crippen molar-refractivity contribution in [2.75, 3.05) is 18.9 Å². The van der Waals surface area contributed by atoms with Gasteiger partial charge in [-0.2, -0.15) is 0 Å². The maximum absolute atomic E-state index is 8.73. The van der Waals surface area contributed by atoms with E-state index < -0.39 is 0 Å². The van der Waals surface area contributed by atoms with Crippen molar-refractivity contribution >= 4 is 17.3 Å². The zero-order valence-corrected chi connectivity index (χ0v) is 12.2. The van der Waals surface area contributed by atoms with E-state index in [1.54, 1.807) is 0 Å². The van der Waals surface area contributed by atoms with Gasteiger partial charge in [0.1, 0.15) is 0 Å². The first-order valence-electron chi connectivity index (χ1n) is 6.58. The second-order valence-electron chi connectivity index (χ2n) is 4.79. The van der Waals surface area contributed by atoms with E-state index in [4.69, 9.17) is 22.4 Å². The van der Waals surface area contributed by atoms with Crippen LogP contribution in [0, 0.1) is 6.92 Å². The highest BCUT2D eigenvalue weighted by Gasteiger charge is 2.05. The van der Waals surface area contributed by atoms with Crippen LogP contribution in [0.5, 0.6) is 0 Å². The third kappa shape index (κ3) is 3.51. The molecule has 0 spiro atoms. The molecule has 4 N–H and O–H groups in total. The van der Waals surface area contributed by atoms with Gasteiger partial charge in [-0.15, -0.1) is 0 Å². The molecule has 2 aromatic carbocycles. The molecule has 0 aromatic heterocycles. The molecule has 0 heterocycles. The molecular weight excluding hydrogens is 272 g/mol. The van der Waals surface area contributed by atoms with Gasteiger partial charge >= 0.3 is 0 Å². The summed E-state index contributed by atoms with van der Waals surface area (Å²) in [6.07, 6.45) is 0. The van der Waals surface area contributed by atoms with Gasteiger partial charge in [-0.1, -0.05) is 35.9 Å². The van der Waals surface area contributed by atoms with Crippen molar-refractivity contribution < 1.29 is 5.11 Å². The van der Waals surface area contributed by atoms with Gasteiger partial charge in [0.2, 0.25) is 0 Å². The van der Waals surface area contributed by atoms with Crippen LogP contribution in [-0.4, -0.2) is 18.3 Å². The fraction of sp³-hybridized carbons (Fsp3) is 0.250. The second-order valence-corrected chi connectivity index (χ2v) is 5.19. The van der Waals surface area contributed by atoms with Gasteiger partial charge in [0.05, 0.1) is 17.3 Å². The highest BCUT2D eigenvalue weighted by atomic mass is 35.5. The summed E-state index contributed by atoms with van der Waals surface area (Å²) in [7, 11) is 0. The summed E-state index contributed by atoms with van der Waals surface area (Å²) in [6.45, 7) is 3.47. The number of nitrogens with two attached hydrogens (primary N) is 1. The maximum atomic E-state index is 8.73. The Morgan fingerprint density at radius 2 is 1.85 bits per heavy atom. The molecule has 0 bridgehead atoms. The highest BCUT2D eigenvalue weighted by Crippen LogP contribution is 2.30. The fourth-order valence-electron chi connectivity index (χ4n) is 2.05. The zero-order chi connectivity index (χ0) is 14.5. The van der Waals surface area contributed by atoms with Gasteiger partial charge in [-0.25, -0.2) is 0 Å². The van der Waals surface area contributed by atoms with Gasteiger partial charge < -0.3 is 16.2 Å². The maximum Gasteiger partial charge on any atom is 0.0644 e. The molecule has 2 rings (SSSR count). The van der Waals surface area contributed by atoms with Gasteiger partial charge in [0.15, 0.2) is 0 Å². The topological polar surface area (TPSA) is 58.3 Å². The predicted octanol–water partition coefficient (Wildman–Crippen LogP) is 2.98. The first kappa shape index (κ1) is 14.9. The van der Waals surface area contributed by atoms with Crippen molar-refractivity contribution in [3.63, 3.8) is 0 Å². The Bertz CT molecular complexity index is 559. The summed E-state index contributed by atoms with van der Waals surface area (Å²) in [4.78, 5) is 0. The van der Waals surface area contributed by atoms with Gasteiger partial charge in [-0.3, -0.25) is 0 Å². The normalized spacial score (nSPS) is 10.8. The molecule has 0 aliphatic rings. The first-order valence-corrected chi connectivity index (χ1v) is 6.96. The van der Waals surface area contributed by atoms with Crippen LogP contribution in [0.15, 0.2) is 36.4 Å². The molecule has 20 heavy (non-hydrogen) atoms. The molecule has 0 saturated heterocycles. The number of hydrogen-bond acceptors (Lipinski definition) is 3. The van der Waals surface area contributed by atoms with E-state index in [0.29, 0.717) is 17.3 Å². The van der Waals surface area contributed by atoms with Crippen LogP contribution in [0.25, 0.3) is 11.1 Å². The Morgan fingerprint density at radius 1 is 1.15 bits per heavy atom. The van der Waals surface area contributed by atoms with Crippen molar-refractivity contribution in [2.45, 2.75) is 13.5 Å². The summed E-state index contributed by atoms with van der Waals surface area (Å²) in [5, 5.41) is 12.5. The number of aliphatic hydroxyl groups is 1. The number of benzene rings is 2. The largest absolute Gasteiger partial charge is 0.397 e. The number of nitrogen functional groups attached to an aromatic ring is 1. The van der Waals surface area contributed by atoms with Crippen molar-refractivity contribution in [3.8, 4) is 11.1 Å². The molecule has 0 unspecified atom stereocenters. The van der Waals surface area contributed by atoms with E-state index >= 15 is 0 Å². The van der Waals surface area contributed by atoms with Crippen LogP contribution in [0.2, 0.25) is 5.02 Å². The molecule has 106 valence electrons. The molecule has 3 nitrogen and oxygen atoms in total. The number of halogens is 1. The van der Waals surface area contributed by atoms with E-state index in [9.17, 15) is 0 Å². The monoisotopic (exact) mass is 290 g/mol. The summed E-state index contributed by atoms with van der Waals surface area (Å²) in [5.74, 6) is 0. The quantitative estimate of drug-likeness (QED) is 0.586. The van der Waals surface area contributed by atoms with E-state index in [1.165, 1.54) is 5.56 Å². The summed E-state index contributed by atoms with van der Waals surface area (Å²) < 4.78 is 0. The highest BCUT2D eigenvalue weighted by molar-refractivity contribution is 6.33. The van der Waals surface area contributed by atoms with Crippen LogP contribution < -0.4 is 11.1 Å². The Hall–Kier alpha value is -1.55. The van der Waals surface area contributed by atoms with Crippen LogP contribution in [0.3, 0.4) is 0 Å². The molecule has 0 amide bonds. The Balaban J connectivity index is 2.17. The molecule has 2 aromatic rings. The Morgan fingerprint density at radius 3 is 2.45 bits per heavy atom. The van der Waals surface area contributed by atoms with Gasteiger partial charge in [-0.05, 0) is 41.3 Å². The van der Waals surface area contributed by atoms with E-state index in [1.807, 2.05) is 19.1 Å². The minimum atomic E-state index is 0.154. The lowest BCUT2D eigenvalue weighted by Gasteiger charge is -2.09. The summed E-state index contributed by atoms with van der Waals surface area (Å²) in [6, 6.07) is 12.2. The minimum Gasteiger partial charge on any atom is -0.397 e. The average Bonchev–Trinajstić information content (AvgIpc) is 2.45. The Labute approximate surface area is 124 Å². The van der Waals surface area contributed by atoms with Crippen LogP contribution in [0.4, 0.5) is 5.69 Å². The minimum absolute atomic E-state index is 0.154. The number of rotatable bonds is 5. The molecule has 0 atom stereocenters. The lowest BCUT2D eigenvalue weighted by Crippen LogP contribution is -2.17. The molecule has 0 fully saturated rings. The second kappa shape index (κ2) is 6.75. The van der Waals surface area contributed by atoms with Crippen LogP contribution in [0.1, 0.15) is 11.1 Å². The van der Waals surface area contributed by atoms with Crippen molar-refractivity contribution in [1.29, 1.82) is 0 Å². The lowest BCUT2D eigenvalue weighted by molar-refractivity contribution is 0.292. The van der Waals surface area contributed by atoms with Gasteiger partial charge in [0.25, 0.3) is 0 Å². The molecular formula is C16H19ClN2O. The number of aryl methyl sites for hydroxylation is 1. The van der Waals surface area contributed by atoms with E-state index in [-0.39, 0.29) is 6.61 Å². The Kier molecular flexibility index (Phi) is 5.01. The lowest BCUT2D eigenvalue weighted by atomic mass is 10.0. The van der Waals surface area contributed by atoms with Gasteiger partial charge in [0, 0.05) is 13.1 Å². The first-order chi connectivity index (χ1) is 9.61. The number of aliphatic hydroxyl groups excluding tert-OH is 1. The van der Waals surface area contributed by atoms with Crippen molar-refractivity contribution in [1.82, 2.24) is 5.32 Å². The molecule has 4 heteroatoms. The summed E-state index contributed by atoms with van der Waals surface area (Å²) >= 11 is 6.13. The van der Waals surface area contributed by atoms with Crippen molar-refractivity contribution in [2.24, 2.45) is 0 Å².